The van der Waals surface area contributed by atoms with E-state index in [1.165, 1.54) is 11.1 Å². The maximum absolute atomic E-state index is 12.8. The highest BCUT2D eigenvalue weighted by Gasteiger charge is 2.54. The number of carboxylic acid groups (broad SMARTS) is 1. The van der Waals surface area contributed by atoms with Gasteiger partial charge in [-0.15, -0.1) is 11.3 Å². The molecular weight excluding hydrogens is 568 g/mol. The third-order valence-corrected chi connectivity index (χ3v) is 10.7. The van der Waals surface area contributed by atoms with Crippen molar-refractivity contribution in [3.8, 4) is 5.75 Å². The number of aliphatic hydroxyl groups excluding tert-OH is 1. The highest BCUT2D eigenvalue weighted by molar-refractivity contribution is 7.17. The summed E-state index contributed by atoms with van der Waals surface area (Å²) < 4.78 is 7.41. The molecule has 2 aromatic heterocycles. The molecule has 1 saturated carbocycles. The molecule has 0 radical (unpaired) electrons. The summed E-state index contributed by atoms with van der Waals surface area (Å²) >= 11 is 7.86. The number of fused-ring (bicyclic) bond motifs is 3. The number of aliphatic carboxylic acids is 1. The van der Waals surface area contributed by atoms with Crippen molar-refractivity contribution in [2.45, 2.75) is 69.4 Å². The van der Waals surface area contributed by atoms with Gasteiger partial charge in [-0.05, 0) is 115 Å². The number of nitrogens with one attached hydrogen (secondary N) is 1. The molecule has 1 spiro atoms. The molecule has 0 saturated heterocycles. The molecule has 0 amide bonds. The Morgan fingerprint density at radius 2 is 1.95 bits per heavy atom. The minimum absolute atomic E-state index is 0.152. The molecule has 1 fully saturated rings. The molecule has 2 aromatic carbocycles. The number of ether oxygens (including phenoxy) is 1. The molecule has 42 heavy (non-hydrogen) atoms. The van der Waals surface area contributed by atoms with Crippen LogP contribution < -0.4 is 10.1 Å². The van der Waals surface area contributed by atoms with E-state index in [0.29, 0.717) is 36.3 Å². The Kier molecular flexibility index (Phi) is 7.94. The van der Waals surface area contributed by atoms with Crippen molar-refractivity contribution in [1.82, 2.24) is 4.98 Å². The third-order valence-electron chi connectivity index (χ3n) is 9.53. The minimum Gasteiger partial charge on any atom is -0.492 e. The first kappa shape index (κ1) is 29.0. The number of carboxylic acids is 1. The number of rotatable bonds is 9. The summed E-state index contributed by atoms with van der Waals surface area (Å²) in [6, 6.07) is 17.6. The van der Waals surface area contributed by atoms with Crippen LogP contribution in [0.1, 0.15) is 68.7 Å². The average Bonchev–Trinajstić information content (AvgIpc) is 3.56. The van der Waals surface area contributed by atoms with Gasteiger partial charge in [-0.25, -0.2) is 4.79 Å². The van der Waals surface area contributed by atoms with Crippen molar-refractivity contribution in [3.63, 3.8) is 0 Å². The van der Waals surface area contributed by atoms with Gasteiger partial charge in [-0.2, -0.15) is 0 Å². The van der Waals surface area contributed by atoms with Crippen LogP contribution in [-0.2, 0) is 16.6 Å². The number of aliphatic hydroxyl groups is 1. The Labute approximate surface area is 255 Å². The molecule has 2 heterocycles. The van der Waals surface area contributed by atoms with Crippen molar-refractivity contribution in [1.29, 1.82) is 0 Å². The van der Waals surface area contributed by atoms with Crippen LogP contribution in [0, 0.1) is 11.8 Å². The van der Waals surface area contributed by atoms with Crippen LogP contribution in [0.5, 0.6) is 5.75 Å². The number of benzene rings is 2. The topological polar surface area (TPSA) is 91.7 Å². The molecule has 8 heteroatoms. The van der Waals surface area contributed by atoms with Gasteiger partial charge >= 0.3 is 5.97 Å². The van der Waals surface area contributed by atoms with Gasteiger partial charge in [0.15, 0.2) is 0 Å². The van der Waals surface area contributed by atoms with E-state index in [0.717, 1.165) is 52.9 Å². The van der Waals surface area contributed by atoms with Gasteiger partial charge in [0.25, 0.3) is 0 Å². The van der Waals surface area contributed by atoms with Gasteiger partial charge in [0, 0.05) is 16.9 Å². The number of hydrogen-bond acceptors (Lipinski definition) is 6. The van der Waals surface area contributed by atoms with E-state index in [4.69, 9.17) is 16.3 Å². The number of pyridine rings is 1. The monoisotopic (exact) mass is 604 g/mol. The lowest BCUT2D eigenvalue weighted by molar-refractivity contribution is -0.144. The second-order valence-electron chi connectivity index (χ2n) is 12.3. The molecule has 2 aliphatic rings. The smallest absolute Gasteiger partial charge is 0.329 e. The molecule has 6 rings (SSSR count). The van der Waals surface area contributed by atoms with Crippen LogP contribution in [0.2, 0.25) is 5.02 Å². The number of anilines is 1. The van der Waals surface area contributed by atoms with Crippen molar-refractivity contribution in [2.75, 3.05) is 11.9 Å². The van der Waals surface area contributed by atoms with Gasteiger partial charge in [0.05, 0.1) is 22.9 Å². The van der Waals surface area contributed by atoms with Crippen LogP contribution in [0.4, 0.5) is 5.69 Å². The number of nitrogens with zero attached hydrogens (tertiary/aromatic N) is 1. The number of thiophene rings is 1. The zero-order valence-corrected chi connectivity index (χ0v) is 25.5. The average molecular weight is 605 g/mol. The summed E-state index contributed by atoms with van der Waals surface area (Å²) in [7, 11) is 0. The Hall–Kier alpha value is -3.13. The SMILES string of the molecule is CC(O)c1ccc2c(c1)C1(CCC(Nc3cccc(Cl)c3)(C(=O)O)CC1)[C@@H](C[C@@H](C)COc1ccnc3ccsc13)C2. The van der Waals surface area contributed by atoms with E-state index in [1.54, 1.807) is 36.6 Å². The van der Waals surface area contributed by atoms with Gasteiger partial charge in [0.2, 0.25) is 0 Å². The lowest BCUT2D eigenvalue weighted by atomic mass is 9.59. The van der Waals surface area contributed by atoms with E-state index in [1.807, 2.05) is 35.7 Å². The molecule has 0 bridgehead atoms. The van der Waals surface area contributed by atoms with Crippen molar-refractivity contribution in [2.24, 2.45) is 11.8 Å². The van der Waals surface area contributed by atoms with Gasteiger partial charge in [0.1, 0.15) is 11.3 Å². The highest BCUT2D eigenvalue weighted by atomic mass is 35.5. The maximum atomic E-state index is 12.8. The number of carbonyl (C=O) groups is 1. The van der Waals surface area contributed by atoms with Crippen LogP contribution in [-0.4, -0.2) is 33.3 Å². The summed E-state index contributed by atoms with van der Waals surface area (Å²) in [5.41, 5.74) is 3.99. The van der Waals surface area contributed by atoms with Crippen LogP contribution >= 0.6 is 22.9 Å². The fourth-order valence-corrected chi connectivity index (χ4v) is 8.28. The van der Waals surface area contributed by atoms with Gasteiger partial charge in [-0.3, -0.25) is 4.98 Å². The van der Waals surface area contributed by atoms with E-state index in [2.05, 4.69) is 29.4 Å². The minimum atomic E-state index is -1.06. The molecule has 6 nitrogen and oxygen atoms in total. The Bertz CT molecular complexity index is 1590. The predicted octanol–water partition coefficient (Wildman–Crippen LogP) is 8.03. The maximum Gasteiger partial charge on any atom is 0.329 e. The van der Waals surface area contributed by atoms with Crippen molar-refractivity contribution < 1.29 is 19.7 Å². The summed E-state index contributed by atoms with van der Waals surface area (Å²) in [5, 5.41) is 26.8. The van der Waals surface area contributed by atoms with Gasteiger partial charge in [-0.1, -0.05) is 42.8 Å². The largest absolute Gasteiger partial charge is 0.492 e. The fourth-order valence-electron chi connectivity index (χ4n) is 7.27. The van der Waals surface area contributed by atoms with E-state index < -0.39 is 17.6 Å². The molecule has 2 aliphatic carbocycles. The Balaban J connectivity index is 1.25. The lowest BCUT2D eigenvalue weighted by Crippen LogP contribution is -2.53. The zero-order valence-electron chi connectivity index (χ0n) is 24.0. The number of hydrogen-bond donors (Lipinski definition) is 3. The van der Waals surface area contributed by atoms with Crippen molar-refractivity contribution in [3.05, 3.63) is 87.9 Å². The van der Waals surface area contributed by atoms with Crippen LogP contribution in [0.25, 0.3) is 10.2 Å². The van der Waals surface area contributed by atoms with Crippen LogP contribution in [0.3, 0.4) is 0 Å². The summed E-state index contributed by atoms with van der Waals surface area (Å²) in [6.07, 6.45) is 5.67. The molecule has 1 unspecified atom stereocenters. The Morgan fingerprint density at radius 3 is 2.69 bits per heavy atom. The molecule has 0 aliphatic heterocycles. The first-order valence-corrected chi connectivity index (χ1v) is 16.0. The second kappa shape index (κ2) is 11.5. The van der Waals surface area contributed by atoms with Crippen molar-refractivity contribution >= 4 is 44.8 Å². The standard InChI is InChI=1S/C34H37ClN2O4S/c1-21(20-41-30-8-14-36-29-9-15-42-31(29)30)16-25-17-24-7-6-23(22(2)38)18-28(24)33(25)10-12-34(13-11-33,32(39)40)37-27-5-3-4-26(35)19-27/h3-9,14-15,18-19,21-22,25,37-38H,10-13,16-17,20H2,1-2H3,(H,39,40)/t21-,22?,25+,33?,34?/m1/s1. The fraction of sp³-hybridized carbons (Fsp3) is 0.412. The predicted molar refractivity (Wildman–Crippen MR) is 169 cm³/mol. The highest BCUT2D eigenvalue weighted by Crippen LogP contribution is 2.56. The van der Waals surface area contributed by atoms with E-state index in [-0.39, 0.29) is 5.41 Å². The lowest BCUT2D eigenvalue weighted by Gasteiger charge is -2.47. The molecular formula is C34H37ClN2O4S. The van der Waals surface area contributed by atoms with E-state index >= 15 is 0 Å². The molecule has 3 atom stereocenters. The Morgan fingerprint density at radius 1 is 1.14 bits per heavy atom. The van der Waals surface area contributed by atoms with Gasteiger partial charge < -0.3 is 20.3 Å². The number of halogens is 1. The number of aromatic nitrogens is 1. The first-order valence-electron chi connectivity index (χ1n) is 14.7. The zero-order chi connectivity index (χ0) is 29.5. The summed E-state index contributed by atoms with van der Waals surface area (Å²) in [5.74, 6) is 0.705. The third kappa shape index (κ3) is 5.38. The summed E-state index contributed by atoms with van der Waals surface area (Å²) in [4.78, 5) is 17.2. The second-order valence-corrected chi connectivity index (χ2v) is 13.6. The normalized spacial score (nSPS) is 24.8. The van der Waals surface area contributed by atoms with E-state index in [9.17, 15) is 15.0 Å². The molecule has 3 N–H and O–H groups in total. The molecule has 220 valence electrons. The van der Waals surface area contributed by atoms with Crippen LogP contribution in [0.15, 0.2) is 66.2 Å². The quantitative estimate of drug-likeness (QED) is 0.179. The molecule has 4 aromatic rings. The first-order chi connectivity index (χ1) is 20.2. The summed E-state index contributed by atoms with van der Waals surface area (Å²) in [6.45, 7) is 4.65.